The summed E-state index contributed by atoms with van der Waals surface area (Å²) in [7, 11) is 1.49. The second kappa shape index (κ2) is 6.69. The highest BCUT2D eigenvalue weighted by Crippen LogP contribution is 2.17. The van der Waals surface area contributed by atoms with Crippen LogP contribution < -0.4 is 5.32 Å². The maximum absolute atomic E-state index is 12.2. The number of aromatic nitrogens is 5. The van der Waals surface area contributed by atoms with Gasteiger partial charge in [0, 0.05) is 12.1 Å². The zero-order valence-corrected chi connectivity index (χ0v) is 13.7. The van der Waals surface area contributed by atoms with Crippen LogP contribution in [-0.4, -0.2) is 35.4 Å². The van der Waals surface area contributed by atoms with Gasteiger partial charge in [-0.15, -0.1) is 5.10 Å². The fourth-order valence-corrected chi connectivity index (χ4v) is 2.26. The molecule has 0 spiro atoms. The molecule has 0 saturated carbocycles. The topological polar surface area (TPSA) is 121 Å². The Morgan fingerprint density at radius 1 is 1.32 bits per heavy atom. The van der Waals surface area contributed by atoms with E-state index < -0.39 is 10.8 Å². The Bertz CT molecular complexity index is 932. The summed E-state index contributed by atoms with van der Waals surface area (Å²) in [6.45, 7) is 0.434. The van der Waals surface area contributed by atoms with Crippen LogP contribution in [0.3, 0.4) is 0 Å². The van der Waals surface area contributed by atoms with Crippen molar-refractivity contribution in [3.63, 3.8) is 0 Å². The second-order valence-corrected chi connectivity index (χ2v) is 5.58. The average Bonchev–Trinajstić information content (AvgIpc) is 3.16. The summed E-state index contributed by atoms with van der Waals surface area (Å²) in [5.41, 5.74) is 0.259. The van der Waals surface area contributed by atoms with Gasteiger partial charge < -0.3 is 0 Å². The number of aryl methyl sites for hydroxylation is 1. The molecule has 0 bridgehead atoms. The van der Waals surface area contributed by atoms with E-state index >= 15 is 0 Å². The standard InChI is InChI=1S/C14H12ClN7O3/c1-20-7-11(22(24)25)12(18-20)13(23)17-14-16-8-21(19-14)6-9-2-4-10(15)5-3-9/h2-5,7-8H,6H2,1H3,(H,17,19,23). The van der Waals surface area contributed by atoms with Gasteiger partial charge in [0.1, 0.15) is 12.5 Å². The molecule has 128 valence electrons. The van der Waals surface area contributed by atoms with Gasteiger partial charge in [0.15, 0.2) is 0 Å². The predicted molar refractivity (Wildman–Crippen MR) is 88.4 cm³/mol. The molecule has 0 saturated heterocycles. The largest absolute Gasteiger partial charge is 0.320 e. The molecule has 1 amide bonds. The zero-order chi connectivity index (χ0) is 18.0. The number of halogens is 1. The van der Waals surface area contributed by atoms with Crippen LogP contribution in [0.4, 0.5) is 11.6 Å². The molecule has 0 unspecified atom stereocenters. The number of benzene rings is 1. The van der Waals surface area contributed by atoms with Gasteiger partial charge in [-0.2, -0.15) is 5.10 Å². The molecule has 0 aliphatic heterocycles. The van der Waals surface area contributed by atoms with E-state index in [0.29, 0.717) is 11.6 Å². The Kier molecular flexibility index (Phi) is 4.44. The molecule has 1 aromatic carbocycles. The maximum Gasteiger partial charge on any atom is 0.320 e. The van der Waals surface area contributed by atoms with Crippen LogP contribution in [-0.2, 0) is 13.6 Å². The molecule has 2 heterocycles. The van der Waals surface area contributed by atoms with E-state index in [4.69, 9.17) is 11.6 Å². The third kappa shape index (κ3) is 3.80. The van der Waals surface area contributed by atoms with Gasteiger partial charge in [-0.1, -0.05) is 23.7 Å². The van der Waals surface area contributed by atoms with Gasteiger partial charge in [-0.25, -0.2) is 9.67 Å². The van der Waals surface area contributed by atoms with Crippen LogP contribution in [0.5, 0.6) is 0 Å². The molecule has 0 aliphatic rings. The van der Waals surface area contributed by atoms with Gasteiger partial charge in [-0.3, -0.25) is 24.9 Å². The summed E-state index contributed by atoms with van der Waals surface area (Å²) < 4.78 is 2.71. The third-order valence-corrected chi connectivity index (χ3v) is 3.49. The Balaban J connectivity index is 1.72. The number of amides is 1. The number of carbonyl (C=O) groups is 1. The molecule has 3 aromatic rings. The number of hydrogen-bond acceptors (Lipinski definition) is 6. The van der Waals surface area contributed by atoms with Crippen LogP contribution in [0.2, 0.25) is 5.02 Å². The summed E-state index contributed by atoms with van der Waals surface area (Å²) in [5, 5.41) is 21.9. The first-order chi connectivity index (χ1) is 11.9. The number of hydrogen-bond donors (Lipinski definition) is 1. The molecule has 0 radical (unpaired) electrons. The van der Waals surface area contributed by atoms with Crippen molar-refractivity contribution in [3.8, 4) is 0 Å². The summed E-state index contributed by atoms with van der Waals surface area (Å²) in [6, 6.07) is 7.21. The van der Waals surface area contributed by atoms with E-state index in [1.807, 2.05) is 12.1 Å². The molecule has 0 atom stereocenters. The first kappa shape index (κ1) is 16.6. The molecular weight excluding hydrogens is 350 g/mol. The van der Waals surface area contributed by atoms with Crippen molar-refractivity contribution in [2.24, 2.45) is 7.05 Å². The lowest BCUT2D eigenvalue weighted by molar-refractivity contribution is -0.385. The number of nitro groups is 1. The fraction of sp³-hybridized carbons (Fsp3) is 0.143. The monoisotopic (exact) mass is 361 g/mol. The van der Waals surface area contributed by atoms with Crippen molar-refractivity contribution in [2.45, 2.75) is 6.54 Å². The lowest BCUT2D eigenvalue weighted by Crippen LogP contribution is -2.16. The third-order valence-electron chi connectivity index (χ3n) is 3.24. The van der Waals surface area contributed by atoms with Gasteiger partial charge in [0.2, 0.25) is 11.6 Å². The second-order valence-electron chi connectivity index (χ2n) is 5.14. The molecule has 1 N–H and O–H groups in total. The van der Waals surface area contributed by atoms with Crippen molar-refractivity contribution < 1.29 is 9.72 Å². The summed E-state index contributed by atoms with van der Waals surface area (Å²) in [6.07, 6.45) is 2.60. The minimum atomic E-state index is -0.753. The Labute approximate surface area is 146 Å². The SMILES string of the molecule is Cn1cc([N+](=O)[O-])c(C(=O)Nc2ncn(Cc3ccc(Cl)cc3)n2)n1. The van der Waals surface area contributed by atoms with Crippen molar-refractivity contribution >= 4 is 29.1 Å². The summed E-state index contributed by atoms with van der Waals surface area (Å²) >= 11 is 5.83. The number of anilines is 1. The van der Waals surface area contributed by atoms with Crippen LogP contribution >= 0.6 is 11.6 Å². The normalized spacial score (nSPS) is 10.6. The minimum absolute atomic E-state index is 0.0268. The lowest BCUT2D eigenvalue weighted by atomic mass is 10.2. The highest BCUT2D eigenvalue weighted by Gasteiger charge is 2.25. The van der Waals surface area contributed by atoms with Gasteiger partial charge in [0.05, 0.1) is 11.5 Å². The van der Waals surface area contributed by atoms with E-state index in [1.165, 1.54) is 22.7 Å². The predicted octanol–water partition coefficient (Wildman–Crippen LogP) is 1.87. The van der Waals surface area contributed by atoms with E-state index in [2.05, 4.69) is 20.5 Å². The van der Waals surface area contributed by atoms with E-state index in [9.17, 15) is 14.9 Å². The molecule has 0 fully saturated rings. The minimum Gasteiger partial charge on any atom is -0.287 e. The molecule has 11 heteroatoms. The van der Waals surface area contributed by atoms with Crippen LogP contribution in [0.1, 0.15) is 16.1 Å². The van der Waals surface area contributed by atoms with E-state index in [-0.39, 0.29) is 17.3 Å². The Morgan fingerprint density at radius 3 is 2.72 bits per heavy atom. The smallest absolute Gasteiger partial charge is 0.287 e. The van der Waals surface area contributed by atoms with Gasteiger partial charge >= 0.3 is 5.69 Å². The first-order valence-corrected chi connectivity index (χ1v) is 7.43. The molecule has 2 aromatic heterocycles. The van der Waals surface area contributed by atoms with E-state index in [0.717, 1.165) is 11.8 Å². The number of carbonyl (C=O) groups excluding carboxylic acids is 1. The fourth-order valence-electron chi connectivity index (χ4n) is 2.14. The highest BCUT2D eigenvalue weighted by molar-refractivity contribution is 6.30. The number of rotatable bonds is 5. The van der Waals surface area contributed by atoms with Crippen molar-refractivity contribution in [3.05, 3.63) is 63.2 Å². The average molecular weight is 362 g/mol. The quantitative estimate of drug-likeness (QED) is 0.547. The highest BCUT2D eigenvalue weighted by atomic mass is 35.5. The molecule has 0 aliphatic carbocycles. The molecule has 3 rings (SSSR count). The van der Waals surface area contributed by atoms with Gasteiger partial charge in [0.25, 0.3) is 5.91 Å². The number of nitrogens with zero attached hydrogens (tertiary/aromatic N) is 6. The van der Waals surface area contributed by atoms with Crippen molar-refractivity contribution in [1.82, 2.24) is 24.5 Å². The van der Waals surface area contributed by atoms with Crippen LogP contribution in [0.25, 0.3) is 0 Å². The van der Waals surface area contributed by atoms with Gasteiger partial charge in [-0.05, 0) is 17.7 Å². The van der Waals surface area contributed by atoms with Crippen LogP contribution in [0, 0.1) is 10.1 Å². The summed E-state index contributed by atoms with van der Waals surface area (Å²) in [4.78, 5) is 26.4. The van der Waals surface area contributed by atoms with Crippen molar-refractivity contribution in [1.29, 1.82) is 0 Å². The Hall–Kier alpha value is -3.27. The molecule has 25 heavy (non-hydrogen) atoms. The van der Waals surface area contributed by atoms with Crippen molar-refractivity contribution in [2.75, 3.05) is 5.32 Å². The Morgan fingerprint density at radius 2 is 2.04 bits per heavy atom. The molecule has 10 nitrogen and oxygen atoms in total. The van der Waals surface area contributed by atoms with E-state index in [1.54, 1.807) is 12.1 Å². The summed E-state index contributed by atoms with van der Waals surface area (Å²) in [5.74, 6) is -0.726. The maximum atomic E-state index is 12.2. The lowest BCUT2D eigenvalue weighted by Gasteiger charge is -2.01. The zero-order valence-electron chi connectivity index (χ0n) is 13.0. The number of nitrogens with one attached hydrogen (secondary N) is 1. The van der Waals surface area contributed by atoms with Crippen LogP contribution in [0.15, 0.2) is 36.8 Å². The first-order valence-electron chi connectivity index (χ1n) is 7.05. The molecular formula is C14H12ClN7O3.